The van der Waals surface area contributed by atoms with Crippen molar-refractivity contribution < 1.29 is 39.2 Å². The third-order valence-corrected chi connectivity index (χ3v) is 5.15. The van der Waals surface area contributed by atoms with Crippen LogP contribution < -0.4 is 0 Å². The highest BCUT2D eigenvalue weighted by Crippen LogP contribution is 2.36. The SMILES string of the molecule is CS(=O)(=O)c1ccc(-n2cc(C(F)(F)F)nc2-c2cc(F)cc(C(F)(F)F)c2)cc1. The Morgan fingerprint density at radius 1 is 0.900 bits per heavy atom. The van der Waals surface area contributed by atoms with Gasteiger partial charge in [0, 0.05) is 23.7 Å². The van der Waals surface area contributed by atoms with Crippen molar-refractivity contribution in [2.24, 2.45) is 0 Å². The number of nitrogens with zero attached hydrogens (tertiary/aromatic N) is 2. The zero-order chi connectivity index (χ0) is 22.5. The van der Waals surface area contributed by atoms with E-state index >= 15 is 0 Å². The second-order valence-electron chi connectivity index (χ2n) is 6.31. The Labute approximate surface area is 165 Å². The lowest BCUT2D eigenvalue weighted by atomic mass is 10.1. The van der Waals surface area contributed by atoms with Crippen LogP contribution in [0.2, 0.25) is 0 Å². The molecule has 3 aromatic rings. The van der Waals surface area contributed by atoms with E-state index in [1.807, 2.05) is 0 Å². The Bertz CT molecular complexity index is 1190. The van der Waals surface area contributed by atoms with Crippen LogP contribution in [0.1, 0.15) is 11.3 Å². The van der Waals surface area contributed by atoms with Gasteiger partial charge in [-0.05, 0) is 42.5 Å². The first kappa shape index (κ1) is 21.8. The number of benzene rings is 2. The highest BCUT2D eigenvalue weighted by Gasteiger charge is 2.36. The monoisotopic (exact) mass is 452 g/mol. The van der Waals surface area contributed by atoms with Gasteiger partial charge in [0.2, 0.25) is 0 Å². The molecule has 0 amide bonds. The number of rotatable bonds is 3. The highest BCUT2D eigenvalue weighted by molar-refractivity contribution is 7.90. The van der Waals surface area contributed by atoms with Crippen molar-refractivity contribution in [3.63, 3.8) is 0 Å². The van der Waals surface area contributed by atoms with Gasteiger partial charge in [0.25, 0.3) is 0 Å². The number of sulfone groups is 1. The molecule has 0 fully saturated rings. The topological polar surface area (TPSA) is 52.0 Å². The number of halogens is 7. The molecule has 2 aromatic carbocycles. The van der Waals surface area contributed by atoms with Crippen molar-refractivity contribution in [2.45, 2.75) is 17.2 Å². The lowest BCUT2D eigenvalue weighted by molar-refractivity contribution is -0.141. The number of alkyl halides is 6. The van der Waals surface area contributed by atoms with Gasteiger partial charge < -0.3 is 0 Å². The normalized spacial score (nSPS) is 12.9. The molecule has 3 rings (SSSR count). The molecular formula is C18H11F7N2O2S. The summed E-state index contributed by atoms with van der Waals surface area (Å²) in [6.45, 7) is 0. The van der Waals surface area contributed by atoms with Crippen molar-refractivity contribution in [2.75, 3.05) is 6.26 Å². The Kier molecular flexibility index (Phi) is 5.17. The minimum absolute atomic E-state index is 0.0155. The van der Waals surface area contributed by atoms with Crippen LogP contribution in [0.25, 0.3) is 17.1 Å². The molecule has 0 radical (unpaired) electrons. The molecule has 30 heavy (non-hydrogen) atoms. The molecule has 1 aromatic heterocycles. The molecule has 0 aliphatic rings. The predicted octanol–water partition coefficient (Wildman–Crippen LogP) is 5.12. The Morgan fingerprint density at radius 2 is 1.50 bits per heavy atom. The van der Waals surface area contributed by atoms with E-state index in [0.29, 0.717) is 18.3 Å². The molecule has 0 spiro atoms. The summed E-state index contributed by atoms with van der Waals surface area (Å²) in [7, 11) is -3.59. The second kappa shape index (κ2) is 7.11. The second-order valence-corrected chi connectivity index (χ2v) is 8.33. The zero-order valence-corrected chi connectivity index (χ0v) is 15.7. The number of aromatic nitrogens is 2. The van der Waals surface area contributed by atoms with Crippen molar-refractivity contribution >= 4 is 9.84 Å². The smallest absolute Gasteiger partial charge is 0.299 e. The molecule has 0 saturated carbocycles. The van der Waals surface area contributed by atoms with Gasteiger partial charge in [0.05, 0.1) is 10.5 Å². The van der Waals surface area contributed by atoms with Crippen molar-refractivity contribution in [1.82, 2.24) is 9.55 Å². The molecule has 160 valence electrons. The fourth-order valence-corrected chi connectivity index (χ4v) is 3.28. The molecule has 0 unspecified atom stereocenters. The van der Waals surface area contributed by atoms with Crippen LogP contribution in [0.15, 0.2) is 53.6 Å². The first-order chi connectivity index (χ1) is 13.7. The standard InChI is InChI=1S/C18H11F7N2O2S/c1-30(28,29)14-4-2-13(3-5-14)27-9-15(18(23,24)25)26-16(27)10-6-11(17(20,21)22)8-12(19)7-10/h2-9H,1H3. The quantitative estimate of drug-likeness (QED) is 0.519. The minimum Gasteiger partial charge on any atom is -0.299 e. The molecule has 0 aliphatic carbocycles. The summed E-state index contributed by atoms with van der Waals surface area (Å²) in [5.74, 6) is -1.91. The van der Waals surface area contributed by atoms with E-state index in [2.05, 4.69) is 4.98 Å². The van der Waals surface area contributed by atoms with E-state index in [1.54, 1.807) is 0 Å². The summed E-state index contributed by atoms with van der Waals surface area (Å²) in [6.07, 6.45) is -8.40. The molecule has 0 bridgehead atoms. The Morgan fingerprint density at radius 3 is 2.00 bits per heavy atom. The number of imidazole rings is 1. The van der Waals surface area contributed by atoms with E-state index in [4.69, 9.17) is 0 Å². The lowest BCUT2D eigenvalue weighted by Gasteiger charge is -2.12. The third-order valence-electron chi connectivity index (χ3n) is 4.02. The van der Waals surface area contributed by atoms with E-state index in [1.165, 1.54) is 0 Å². The Balaban J connectivity index is 2.23. The van der Waals surface area contributed by atoms with Crippen LogP contribution in [0, 0.1) is 5.82 Å². The van der Waals surface area contributed by atoms with Crippen molar-refractivity contribution in [3.8, 4) is 17.1 Å². The first-order valence-electron chi connectivity index (χ1n) is 8.01. The van der Waals surface area contributed by atoms with Crippen LogP contribution in [0.4, 0.5) is 30.7 Å². The third kappa shape index (κ3) is 4.48. The van der Waals surface area contributed by atoms with Gasteiger partial charge in [-0.2, -0.15) is 26.3 Å². The van der Waals surface area contributed by atoms with Gasteiger partial charge in [-0.3, -0.25) is 4.57 Å². The van der Waals surface area contributed by atoms with Gasteiger partial charge >= 0.3 is 12.4 Å². The van der Waals surface area contributed by atoms with Gasteiger partial charge in [0.1, 0.15) is 11.6 Å². The lowest BCUT2D eigenvalue weighted by Crippen LogP contribution is -2.07. The van der Waals surface area contributed by atoms with E-state index < -0.39 is 50.7 Å². The maximum atomic E-state index is 13.8. The van der Waals surface area contributed by atoms with Crippen LogP contribution >= 0.6 is 0 Å². The summed E-state index contributed by atoms with van der Waals surface area (Å²) in [5, 5.41) is 0. The van der Waals surface area contributed by atoms with E-state index in [-0.39, 0.29) is 16.6 Å². The molecule has 12 heteroatoms. The summed E-state index contributed by atoms with van der Waals surface area (Å²) < 4.78 is 116. The summed E-state index contributed by atoms with van der Waals surface area (Å²) in [4.78, 5) is 3.23. The summed E-state index contributed by atoms with van der Waals surface area (Å²) in [6, 6.07) is 5.87. The molecule has 4 nitrogen and oxygen atoms in total. The molecule has 0 saturated heterocycles. The van der Waals surface area contributed by atoms with Crippen LogP contribution in [-0.2, 0) is 22.2 Å². The maximum absolute atomic E-state index is 13.8. The fraction of sp³-hybridized carbons (Fsp3) is 0.167. The number of hydrogen-bond donors (Lipinski definition) is 0. The average molecular weight is 452 g/mol. The van der Waals surface area contributed by atoms with Crippen LogP contribution in [-0.4, -0.2) is 24.2 Å². The number of hydrogen-bond acceptors (Lipinski definition) is 3. The van der Waals surface area contributed by atoms with Crippen molar-refractivity contribution in [1.29, 1.82) is 0 Å². The molecule has 0 aliphatic heterocycles. The fourth-order valence-electron chi connectivity index (χ4n) is 2.65. The van der Waals surface area contributed by atoms with Crippen LogP contribution in [0.3, 0.4) is 0 Å². The highest BCUT2D eigenvalue weighted by atomic mass is 32.2. The van der Waals surface area contributed by atoms with Gasteiger partial charge in [0.15, 0.2) is 15.5 Å². The summed E-state index contributed by atoms with van der Waals surface area (Å²) in [5.41, 5.74) is -3.36. The molecule has 0 N–H and O–H groups in total. The average Bonchev–Trinajstić information content (AvgIpc) is 3.05. The minimum atomic E-state index is -4.93. The maximum Gasteiger partial charge on any atom is 0.434 e. The predicted molar refractivity (Wildman–Crippen MR) is 92.1 cm³/mol. The first-order valence-corrected chi connectivity index (χ1v) is 9.90. The zero-order valence-electron chi connectivity index (χ0n) is 14.9. The largest absolute Gasteiger partial charge is 0.434 e. The van der Waals surface area contributed by atoms with Gasteiger partial charge in [-0.25, -0.2) is 17.8 Å². The summed E-state index contributed by atoms with van der Waals surface area (Å²) >= 11 is 0. The molecular weight excluding hydrogens is 441 g/mol. The molecule has 1 heterocycles. The van der Waals surface area contributed by atoms with Gasteiger partial charge in [-0.1, -0.05) is 0 Å². The van der Waals surface area contributed by atoms with Crippen molar-refractivity contribution in [3.05, 3.63) is 65.7 Å². The molecule has 0 atom stereocenters. The van der Waals surface area contributed by atoms with Crippen LogP contribution in [0.5, 0.6) is 0 Å². The van der Waals surface area contributed by atoms with Gasteiger partial charge in [-0.15, -0.1) is 0 Å². The van der Waals surface area contributed by atoms with E-state index in [9.17, 15) is 39.2 Å². The van der Waals surface area contributed by atoms with E-state index in [0.717, 1.165) is 35.1 Å². The Hall–Kier alpha value is -2.89.